The minimum atomic E-state index is -4.35. The van der Waals surface area contributed by atoms with E-state index in [0.29, 0.717) is 17.2 Å². The maximum atomic E-state index is 13.2. The van der Waals surface area contributed by atoms with Crippen LogP contribution in [0.4, 0.5) is 23.7 Å². The Hall–Kier alpha value is -2.12. The SMILES string of the molecule is COc1ccc(OC(C)C)c(NC(=O)N2CC[C@@H](C(F)(F)F)C2(C)C)c1. The molecule has 0 radical (unpaired) electrons. The van der Waals surface area contributed by atoms with Crippen molar-refractivity contribution in [3.8, 4) is 11.5 Å². The van der Waals surface area contributed by atoms with Gasteiger partial charge in [0.15, 0.2) is 0 Å². The van der Waals surface area contributed by atoms with Crippen LogP contribution in [-0.4, -0.2) is 42.4 Å². The zero-order chi connectivity index (χ0) is 19.7. The minimum absolute atomic E-state index is 0.0351. The van der Waals surface area contributed by atoms with Crippen LogP contribution in [0.15, 0.2) is 18.2 Å². The number of methoxy groups -OCH3 is 1. The number of anilines is 1. The van der Waals surface area contributed by atoms with E-state index in [9.17, 15) is 18.0 Å². The van der Waals surface area contributed by atoms with Crippen molar-refractivity contribution in [2.24, 2.45) is 5.92 Å². The van der Waals surface area contributed by atoms with Crippen LogP contribution in [0.1, 0.15) is 34.1 Å². The summed E-state index contributed by atoms with van der Waals surface area (Å²) in [5, 5.41) is 2.67. The van der Waals surface area contributed by atoms with Crippen molar-refractivity contribution < 1.29 is 27.4 Å². The van der Waals surface area contributed by atoms with Gasteiger partial charge in [-0.3, -0.25) is 0 Å². The average molecular weight is 374 g/mol. The summed E-state index contributed by atoms with van der Waals surface area (Å²) in [6.07, 6.45) is -4.59. The topological polar surface area (TPSA) is 50.8 Å². The largest absolute Gasteiger partial charge is 0.497 e. The van der Waals surface area contributed by atoms with Crippen LogP contribution in [0.25, 0.3) is 0 Å². The van der Waals surface area contributed by atoms with Crippen LogP contribution in [0.2, 0.25) is 0 Å². The molecule has 2 rings (SSSR count). The molecule has 0 saturated carbocycles. The molecule has 1 saturated heterocycles. The molecule has 26 heavy (non-hydrogen) atoms. The first-order chi connectivity index (χ1) is 12.0. The van der Waals surface area contributed by atoms with Crippen LogP contribution in [0.5, 0.6) is 11.5 Å². The van der Waals surface area contributed by atoms with Crippen molar-refractivity contribution in [2.75, 3.05) is 19.0 Å². The molecule has 0 unspecified atom stereocenters. The van der Waals surface area contributed by atoms with Crippen molar-refractivity contribution in [3.63, 3.8) is 0 Å². The number of urea groups is 1. The summed E-state index contributed by atoms with van der Waals surface area (Å²) >= 11 is 0. The molecule has 146 valence electrons. The van der Waals surface area contributed by atoms with Gasteiger partial charge in [0.2, 0.25) is 0 Å². The molecular weight excluding hydrogens is 349 g/mol. The molecule has 1 heterocycles. The zero-order valence-electron chi connectivity index (χ0n) is 15.6. The number of ether oxygens (including phenoxy) is 2. The molecule has 1 aliphatic heterocycles. The Kier molecular flexibility index (Phi) is 5.63. The highest BCUT2D eigenvalue weighted by Crippen LogP contribution is 2.45. The van der Waals surface area contributed by atoms with Crippen LogP contribution >= 0.6 is 0 Å². The Balaban J connectivity index is 2.24. The number of carbonyl (C=O) groups is 1. The van der Waals surface area contributed by atoms with Gasteiger partial charge in [-0.05, 0) is 46.2 Å². The highest BCUT2D eigenvalue weighted by atomic mass is 19.4. The van der Waals surface area contributed by atoms with Crippen LogP contribution in [0, 0.1) is 5.92 Å². The molecule has 5 nitrogen and oxygen atoms in total. The summed E-state index contributed by atoms with van der Waals surface area (Å²) in [6, 6.07) is 4.33. The highest BCUT2D eigenvalue weighted by Gasteiger charge is 2.56. The van der Waals surface area contributed by atoms with Gasteiger partial charge < -0.3 is 19.7 Å². The van der Waals surface area contributed by atoms with Gasteiger partial charge in [-0.2, -0.15) is 13.2 Å². The van der Waals surface area contributed by atoms with Gasteiger partial charge >= 0.3 is 12.2 Å². The first-order valence-electron chi connectivity index (χ1n) is 8.47. The molecule has 2 amide bonds. The Morgan fingerprint density at radius 1 is 1.35 bits per heavy atom. The molecule has 1 aromatic rings. The average Bonchev–Trinajstić information content (AvgIpc) is 2.83. The summed E-state index contributed by atoms with van der Waals surface area (Å²) in [5.74, 6) is -0.624. The van der Waals surface area contributed by atoms with E-state index in [1.54, 1.807) is 18.2 Å². The molecule has 0 bridgehead atoms. The van der Waals surface area contributed by atoms with E-state index in [0.717, 1.165) is 0 Å². The molecule has 1 N–H and O–H groups in total. The number of benzene rings is 1. The zero-order valence-corrected chi connectivity index (χ0v) is 15.6. The second-order valence-electron chi connectivity index (χ2n) is 7.15. The van der Waals surface area contributed by atoms with Gasteiger partial charge in [0, 0.05) is 12.6 Å². The van der Waals surface area contributed by atoms with Gasteiger partial charge in [0.05, 0.1) is 30.4 Å². The van der Waals surface area contributed by atoms with E-state index in [1.165, 1.54) is 25.9 Å². The second-order valence-corrected chi connectivity index (χ2v) is 7.15. The van der Waals surface area contributed by atoms with Crippen molar-refractivity contribution in [3.05, 3.63) is 18.2 Å². The van der Waals surface area contributed by atoms with E-state index >= 15 is 0 Å². The minimum Gasteiger partial charge on any atom is -0.497 e. The lowest BCUT2D eigenvalue weighted by molar-refractivity contribution is -0.189. The van der Waals surface area contributed by atoms with Gasteiger partial charge in [0.25, 0.3) is 0 Å². The lowest BCUT2D eigenvalue weighted by Gasteiger charge is -2.36. The monoisotopic (exact) mass is 374 g/mol. The van der Waals surface area contributed by atoms with Gasteiger partial charge in [-0.15, -0.1) is 0 Å². The maximum absolute atomic E-state index is 13.2. The number of hydrogen-bond donors (Lipinski definition) is 1. The van der Waals surface area contributed by atoms with E-state index in [1.807, 2.05) is 13.8 Å². The van der Waals surface area contributed by atoms with Gasteiger partial charge in [0.1, 0.15) is 11.5 Å². The predicted molar refractivity (Wildman–Crippen MR) is 92.7 cm³/mol. The maximum Gasteiger partial charge on any atom is 0.394 e. The fraction of sp³-hybridized carbons (Fsp3) is 0.611. The number of nitrogens with zero attached hydrogens (tertiary/aromatic N) is 1. The predicted octanol–water partition coefficient (Wildman–Crippen LogP) is 4.68. The highest BCUT2D eigenvalue weighted by molar-refractivity contribution is 5.92. The van der Waals surface area contributed by atoms with Crippen LogP contribution in [0.3, 0.4) is 0 Å². The van der Waals surface area contributed by atoms with Crippen LogP contribution in [-0.2, 0) is 0 Å². The molecule has 0 aliphatic carbocycles. The standard InChI is InChI=1S/C18H25F3N2O3/c1-11(2)26-14-7-6-12(25-5)10-13(14)22-16(24)23-9-8-15(17(23,3)4)18(19,20)21/h6-7,10-11,15H,8-9H2,1-5H3,(H,22,24)/t15-/m1/s1. The molecule has 1 aromatic carbocycles. The summed E-state index contributed by atoms with van der Waals surface area (Å²) < 4.78 is 50.5. The third-order valence-corrected chi connectivity index (χ3v) is 4.62. The number of carbonyl (C=O) groups excluding carboxylic acids is 1. The molecule has 1 atom stereocenters. The Morgan fingerprint density at radius 3 is 2.50 bits per heavy atom. The number of rotatable bonds is 4. The number of hydrogen-bond acceptors (Lipinski definition) is 3. The van der Waals surface area contributed by atoms with Crippen molar-refractivity contribution in [2.45, 2.75) is 51.9 Å². The lowest BCUT2D eigenvalue weighted by Crippen LogP contribution is -2.51. The molecule has 8 heteroatoms. The molecule has 0 aromatic heterocycles. The second kappa shape index (κ2) is 7.25. The number of alkyl halides is 3. The van der Waals surface area contributed by atoms with Crippen molar-refractivity contribution in [1.29, 1.82) is 0 Å². The summed E-state index contributed by atoms with van der Waals surface area (Å²) in [5.41, 5.74) is -0.977. The first-order valence-corrected chi connectivity index (χ1v) is 8.47. The van der Waals surface area contributed by atoms with Gasteiger partial charge in [-0.1, -0.05) is 0 Å². The van der Waals surface area contributed by atoms with Crippen molar-refractivity contribution in [1.82, 2.24) is 4.90 Å². The third-order valence-electron chi connectivity index (χ3n) is 4.62. The van der Waals surface area contributed by atoms with Crippen molar-refractivity contribution >= 4 is 11.7 Å². The fourth-order valence-electron chi connectivity index (χ4n) is 3.29. The summed E-state index contributed by atoms with van der Waals surface area (Å²) in [4.78, 5) is 13.9. The van der Waals surface area contributed by atoms with E-state index < -0.39 is 23.7 Å². The first kappa shape index (κ1) is 20.2. The third kappa shape index (κ3) is 4.16. The summed E-state index contributed by atoms with van der Waals surface area (Å²) in [7, 11) is 1.49. The summed E-state index contributed by atoms with van der Waals surface area (Å²) in [6.45, 7) is 6.59. The normalized spacial score (nSPS) is 19.6. The van der Waals surface area contributed by atoms with E-state index in [-0.39, 0.29) is 19.1 Å². The van der Waals surface area contributed by atoms with E-state index in [2.05, 4.69) is 5.32 Å². The number of likely N-dealkylation sites (tertiary alicyclic amines) is 1. The molecule has 0 spiro atoms. The fourth-order valence-corrected chi connectivity index (χ4v) is 3.29. The quantitative estimate of drug-likeness (QED) is 0.833. The molecule has 1 fully saturated rings. The lowest BCUT2D eigenvalue weighted by atomic mass is 9.88. The number of amides is 2. The molecule has 1 aliphatic rings. The number of nitrogens with one attached hydrogen (secondary N) is 1. The Labute approximate surface area is 151 Å². The van der Waals surface area contributed by atoms with Crippen LogP contribution < -0.4 is 14.8 Å². The smallest absolute Gasteiger partial charge is 0.394 e. The van der Waals surface area contributed by atoms with Gasteiger partial charge in [-0.25, -0.2) is 4.79 Å². The number of halogens is 3. The molecular formula is C18H25F3N2O3. The Morgan fingerprint density at radius 2 is 2.00 bits per heavy atom. The Bertz CT molecular complexity index is 660. The van der Waals surface area contributed by atoms with E-state index in [4.69, 9.17) is 9.47 Å².